The Morgan fingerprint density at radius 3 is 1.78 bits per heavy atom. The van der Waals surface area contributed by atoms with Crippen molar-refractivity contribution < 1.29 is 42.8 Å². The average molecular weight is 601 g/mol. The summed E-state index contributed by atoms with van der Waals surface area (Å²) in [7, 11) is 0. The average Bonchev–Trinajstić information content (AvgIpc) is 2.96. The Labute approximate surface area is 247 Å². The Kier molecular flexibility index (Phi) is 20.1. The summed E-state index contributed by atoms with van der Waals surface area (Å²) in [6.45, 7) is 5.32. The molecule has 41 heavy (non-hydrogen) atoms. The standard InChI is InChI=1S/C29H45ClN2O9/c30-11-3-1-2-4-12-36-13-14-37-15-16-38-17-18-39-19-20-40-21-22-41-23-28(34)31-25-7-5-24(6-8-25)26-9-10-27(33)32-29(26)35/h5-8,26H,1-4,9-23H2,(H,31,34)(H,32,33,35). The van der Waals surface area contributed by atoms with E-state index in [1.54, 1.807) is 24.3 Å². The number of imide groups is 1. The molecule has 3 amide bonds. The molecule has 232 valence electrons. The minimum Gasteiger partial charge on any atom is -0.379 e. The summed E-state index contributed by atoms with van der Waals surface area (Å²) in [6.07, 6.45) is 5.25. The molecule has 1 aliphatic rings. The van der Waals surface area contributed by atoms with Crippen molar-refractivity contribution in [1.82, 2.24) is 5.32 Å². The number of unbranched alkanes of at least 4 members (excludes halogenated alkanes) is 3. The summed E-state index contributed by atoms with van der Waals surface area (Å²) in [4.78, 5) is 35.3. The fraction of sp³-hybridized carbons (Fsp3) is 0.690. The zero-order valence-corrected chi connectivity index (χ0v) is 24.6. The van der Waals surface area contributed by atoms with Crippen LogP contribution in [0.25, 0.3) is 0 Å². The second kappa shape index (κ2) is 23.4. The van der Waals surface area contributed by atoms with Crippen LogP contribution in [0.1, 0.15) is 50.0 Å². The van der Waals surface area contributed by atoms with Crippen LogP contribution in [0.2, 0.25) is 0 Å². The van der Waals surface area contributed by atoms with Crippen molar-refractivity contribution in [3.63, 3.8) is 0 Å². The van der Waals surface area contributed by atoms with E-state index in [9.17, 15) is 14.4 Å². The van der Waals surface area contributed by atoms with E-state index in [4.69, 9.17) is 40.0 Å². The van der Waals surface area contributed by atoms with E-state index in [2.05, 4.69) is 10.6 Å². The number of rotatable bonds is 25. The molecule has 1 fully saturated rings. The molecule has 1 aliphatic heterocycles. The molecule has 0 spiro atoms. The number of amides is 3. The zero-order valence-electron chi connectivity index (χ0n) is 23.9. The fourth-order valence-electron chi connectivity index (χ4n) is 3.92. The van der Waals surface area contributed by atoms with Crippen molar-refractivity contribution in [1.29, 1.82) is 0 Å². The van der Waals surface area contributed by atoms with E-state index in [1.807, 2.05) is 0 Å². The summed E-state index contributed by atoms with van der Waals surface area (Å²) in [5.74, 6) is -0.441. The SMILES string of the molecule is O=C1CCC(c2ccc(NC(=O)COCCOCCOCCOCCOCCOCCCCCCCl)cc2)C(=O)N1. The third kappa shape index (κ3) is 17.4. The van der Waals surface area contributed by atoms with Crippen molar-refractivity contribution in [2.45, 2.75) is 44.4 Å². The molecule has 12 heteroatoms. The lowest BCUT2D eigenvalue weighted by molar-refractivity contribution is -0.134. The van der Waals surface area contributed by atoms with Crippen LogP contribution in [0.3, 0.4) is 0 Å². The van der Waals surface area contributed by atoms with Gasteiger partial charge in [-0.1, -0.05) is 25.0 Å². The molecule has 1 unspecified atom stereocenters. The summed E-state index contributed by atoms with van der Waals surface area (Å²) < 4.78 is 32.6. The van der Waals surface area contributed by atoms with Crippen LogP contribution in [0.5, 0.6) is 0 Å². The highest BCUT2D eigenvalue weighted by Gasteiger charge is 2.27. The van der Waals surface area contributed by atoms with E-state index in [0.29, 0.717) is 78.0 Å². The van der Waals surface area contributed by atoms with Gasteiger partial charge in [0.15, 0.2) is 0 Å². The predicted octanol–water partition coefficient (Wildman–Crippen LogP) is 3.04. The Balaban J connectivity index is 1.32. The summed E-state index contributed by atoms with van der Waals surface area (Å²) in [5.41, 5.74) is 1.41. The Hall–Kier alpha value is -2.12. The first-order valence-corrected chi connectivity index (χ1v) is 14.9. The number of hydrogen-bond acceptors (Lipinski definition) is 9. The third-order valence-electron chi connectivity index (χ3n) is 6.10. The van der Waals surface area contributed by atoms with Gasteiger partial charge in [0.2, 0.25) is 17.7 Å². The normalized spacial score (nSPS) is 15.2. The van der Waals surface area contributed by atoms with E-state index in [0.717, 1.165) is 43.7 Å². The van der Waals surface area contributed by atoms with Gasteiger partial charge in [0.05, 0.1) is 72.0 Å². The number of hydrogen-bond donors (Lipinski definition) is 2. The number of carbonyl (C=O) groups excluding carboxylic acids is 3. The minimum absolute atomic E-state index is 0.0989. The second-order valence-corrected chi connectivity index (χ2v) is 9.77. The highest BCUT2D eigenvalue weighted by Crippen LogP contribution is 2.25. The Morgan fingerprint density at radius 1 is 0.732 bits per heavy atom. The van der Waals surface area contributed by atoms with E-state index in [-0.39, 0.29) is 36.9 Å². The smallest absolute Gasteiger partial charge is 0.250 e. The monoisotopic (exact) mass is 600 g/mol. The molecular weight excluding hydrogens is 556 g/mol. The van der Waals surface area contributed by atoms with Gasteiger partial charge < -0.3 is 33.7 Å². The number of carbonyl (C=O) groups is 3. The van der Waals surface area contributed by atoms with Gasteiger partial charge in [-0.2, -0.15) is 0 Å². The van der Waals surface area contributed by atoms with Crippen molar-refractivity contribution in [2.75, 3.05) is 90.5 Å². The molecule has 1 heterocycles. The third-order valence-corrected chi connectivity index (χ3v) is 6.37. The topological polar surface area (TPSA) is 131 Å². The molecule has 1 saturated heterocycles. The highest BCUT2D eigenvalue weighted by molar-refractivity contribution is 6.17. The van der Waals surface area contributed by atoms with E-state index in [1.165, 1.54) is 0 Å². The van der Waals surface area contributed by atoms with Crippen LogP contribution in [0.4, 0.5) is 5.69 Å². The van der Waals surface area contributed by atoms with Crippen LogP contribution in [-0.4, -0.2) is 103 Å². The van der Waals surface area contributed by atoms with Gasteiger partial charge in [-0.15, -0.1) is 11.6 Å². The lowest BCUT2D eigenvalue weighted by Crippen LogP contribution is -2.39. The molecule has 2 N–H and O–H groups in total. The maximum atomic E-state index is 12.1. The van der Waals surface area contributed by atoms with Crippen LogP contribution < -0.4 is 10.6 Å². The number of nitrogens with one attached hydrogen (secondary N) is 2. The molecule has 1 aromatic rings. The lowest BCUT2D eigenvalue weighted by atomic mass is 9.90. The lowest BCUT2D eigenvalue weighted by Gasteiger charge is -2.21. The number of halogens is 1. The van der Waals surface area contributed by atoms with E-state index < -0.39 is 0 Å². The first kappa shape index (κ1) is 35.1. The number of piperidine rings is 1. The van der Waals surface area contributed by atoms with Crippen molar-refractivity contribution in [3.05, 3.63) is 29.8 Å². The van der Waals surface area contributed by atoms with Gasteiger partial charge in [0.1, 0.15) is 6.61 Å². The first-order valence-electron chi connectivity index (χ1n) is 14.4. The molecule has 0 bridgehead atoms. The molecular formula is C29H45ClN2O9. The first-order chi connectivity index (χ1) is 20.1. The maximum absolute atomic E-state index is 12.1. The van der Waals surface area contributed by atoms with Crippen LogP contribution in [0, 0.1) is 0 Å². The van der Waals surface area contributed by atoms with Gasteiger partial charge >= 0.3 is 0 Å². The van der Waals surface area contributed by atoms with Crippen molar-refractivity contribution in [2.24, 2.45) is 0 Å². The van der Waals surface area contributed by atoms with Gasteiger partial charge in [0.25, 0.3) is 0 Å². The number of benzene rings is 1. The molecule has 0 aromatic heterocycles. The Bertz CT molecular complexity index is 857. The van der Waals surface area contributed by atoms with Gasteiger partial charge in [-0.3, -0.25) is 19.7 Å². The molecule has 1 atom stereocenters. The second-order valence-electron chi connectivity index (χ2n) is 9.39. The highest BCUT2D eigenvalue weighted by atomic mass is 35.5. The zero-order chi connectivity index (χ0) is 29.4. The number of ether oxygens (including phenoxy) is 6. The summed E-state index contributed by atoms with van der Waals surface area (Å²) in [6, 6.07) is 7.01. The number of alkyl halides is 1. The van der Waals surface area contributed by atoms with Crippen LogP contribution in [-0.2, 0) is 42.8 Å². The van der Waals surface area contributed by atoms with Crippen LogP contribution >= 0.6 is 11.6 Å². The summed E-state index contributed by atoms with van der Waals surface area (Å²) >= 11 is 5.64. The van der Waals surface area contributed by atoms with E-state index >= 15 is 0 Å². The minimum atomic E-state index is -0.354. The van der Waals surface area contributed by atoms with Crippen LogP contribution in [0.15, 0.2) is 24.3 Å². The molecule has 11 nitrogen and oxygen atoms in total. The predicted molar refractivity (Wildman–Crippen MR) is 154 cm³/mol. The van der Waals surface area contributed by atoms with Gasteiger partial charge in [-0.25, -0.2) is 0 Å². The quantitative estimate of drug-likeness (QED) is 0.0987. The maximum Gasteiger partial charge on any atom is 0.250 e. The van der Waals surface area contributed by atoms with Crippen molar-refractivity contribution in [3.8, 4) is 0 Å². The molecule has 0 saturated carbocycles. The Morgan fingerprint density at radius 2 is 1.24 bits per heavy atom. The van der Waals surface area contributed by atoms with Crippen molar-refractivity contribution >= 4 is 35.0 Å². The van der Waals surface area contributed by atoms with Gasteiger partial charge in [0, 0.05) is 24.6 Å². The fourth-order valence-corrected chi connectivity index (χ4v) is 4.11. The molecule has 2 rings (SSSR count). The summed E-state index contributed by atoms with van der Waals surface area (Å²) in [5, 5.41) is 5.10. The molecule has 0 aliphatic carbocycles. The number of anilines is 1. The van der Waals surface area contributed by atoms with Gasteiger partial charge in [-0.05, 0) is 37.0 Å². The molecule has 0 radical (unpaired) electrons. The molecule has 1 aromatic carbocycles. The largest absolute Gasteiger partial charge is 0.379 e.